The molecule has 1 aliphatic heterocycles. The Balaban J connectivity index is 2.03. The van der Waals surface area contributed by atoms with Crippen molar-refractivity contribution in [3.05, 3.63) is 29.3 Å². The predicted octanol–water partition coefficient (Wildman–Crippen LogP) is 1.90. The molecule has 0 unspecified atom stereocenters. The second-order valence-electron chi connectivity index (χ2n) is 5.96. The van der Waals surface area contributed by atoms with Gasteiger partial charge < -0.3 is 9.84 Å². The van der Waals surface area contributed by atoms with Crippen LogP contribution in [0.2, 0.25) is 0 Å². The summed E-state index contributed by atoms with van der Waals surface area (Å²) < 4.78 is 5.45. The number of benzene rings is 1. The molecule has 0 radical (unpaired) electrons. The van der Waals surface area contributed by atoms with Crippen LogP contribution in [0.15, 0.2) is 18.2 Å². The van der Waals surface area contributed by atoms with E-state index in [1.54, 1.807) is 13.8 Å². The number of fused-ring (bicyclic) bond motifs is 1. The molecule has 0 aromatic heterocycles. The Bertz CT molecular complexity index is 491. The first kappa shape index (κ1) is 15.0. The molecule has 2 rings (SSSR count). The molecule has 4 heteroatoms. The van der Waals surface area contributed by atoms with Crippen molar-refractivity contribution < 1.29 is 14.6 Å². The van der Waals surface area contributed by atoms with Crippen LogP contribution in [-0.2, 0) is 6.42 Å². The Kier molecular flexibility index (Phi) is 4.45. The predicted molar refractivity (Wildman–Crippen MR) is 78.4 cm³/mol. The van der Waals surface area contributed by atoms with E-state index in [9.17, 15) is 9.90 Å². The smallest absolute Gasteiger partial charge is 0.176 e. The normalized spacial score (nSPS) is 14.2. The summed E-state index contributed by atoms with van der Waals surface area (Å²) >= 11 is 0. The summed E-state index contributed by atoms with van der Waals surface area (Å²) in [6.07, 6.45) is 0.873. The molecule has 110 valence electrons. The lowest BCUT2D eigenvalue weighted by Crippen LogP contribution is -2.41. The SMILES string of the molecule is CCN(CC(=O)c1ccc2c(c1)CCO2)CC(C)(C)O. The van der Waals surface area contributed by atoms with Crippen LogP contribution in [0.5, 0.6) is 5.75 Å². The zero-order valence-corrected chi connectivity index (χ0v) is 12.5. The molecular formula is C16H23NO3. The maximum Gasteiger partial charge on any atom is 0.176 e. The quantitative estimate of drug-likeness (QED) is 0.807. The van der Waals surface area contributed by atoms with Crippen LogP contribution in [-0.4, -0.2) is 47.6 Å². The highest BCUT2D eigenvalue weighted by Crippen LogP contribution is 2.26. The van der Waals surface area contributed by atoms with Crippen LogP contribution < -0.4 is 4.74 Å². The third kappa shape index (κ3) is 3.81. The first-order chi connectivity index (χ1) is 9.39. The fourth-order valence-electron chi connectivity index (χ4n) is 2.48. The molecule has 0 saturated heterocycles. The maximum absolute atomic E-state index is 12.3. The van der Waals surface area contributed by atoms with Gasteiger partial charge in [-0.05, 0) is 44.2 Å². The summed E-state index contributed by atoms with van der Waals surface area (Å²) in [5.41, 5.74) is 1.05. The second kappa shape index (κ2) is 5.94. The first-order valence-corrected chi connectivity index (χ1v) is 7.13. The van der Waals surface area contributed by atoms with Gasteiger partial charge in [0.25, 0.3) is 0 Å². The number of nitrogens with zero attached hydrogens (tertiary/aromatic N) is 1. The molecule has 0 atom stereocenters. The number of hydrogen-bond donors (Lipinski definition) is 1. The highest BCUT2D eigenvalue weighted by atomic mass is 16.5. The monoisotopic (exact) mass is 277 g/mol. The molecule has 1 aliphatic rings. The van der Waals surface area contributed by atoms with Gasteiger partial charge >= 0.3 is 0 Å². The Labute approximate surface area is 120 Å². The number of carbonyl (C=O) groups excluding carboxylic acids is 1. The van der Waals surface area contributed by atoms with Crippen LogP contribution in [0.3, 0.4) is 0 Å². The minimum absolute atomic E-state index is 0.0887. The number of likely N-dealkylation sites (N-methyl/N-ethyl adjacent to an activating group) is 1. The van der Waals surface area contributed by atoms with Gasteiger partial charge in [0.05, 0.1) is 18.8 Å². The first-order valence-electron chi connectivity index (χ1n) is 7.13. The Morgan fingerprint density at radius 3 is 2.85 bits per heavy atom. The van der Waals surface area contributed by atoms with E-state index in [1.165, 1.54) is 0 Å². The average Bonchev–Trinajstić information content (AvgIpc) is 2.83. The topological polar surface area (TPSA) is 49.8 Å². The summed E-state index contributed by atoms with van der Waals surface area (Å²) in [6.45, 7) is 7.77. The number of ether oxygens (including phenoxy) is 1. The number of Topliss-reactive ketones (excluding diaryl/α,β-unsaturated/α-hetero) is 1. The van der Waals surface area contributed by atoms with Gasteiger partial charge in [-0.1, -0.05) is 6.92 Å². The van der Waals surface area contributed by atoms with E-state index in [1.807, 2.05) is 30.0 Å². The van der Waals surface area contributed by atoms with Crippen molar-refractivity contribution in [1.82, 2.24) is 4.90 Å². The van der Waals surface area contributed by atoms with Gasteiger partial charge in [0, 0.05) is 18.5 Å². The van der Waals surface area contributed by atoms with Crippen molar-refractivity contribution >= 4 is 5.78 Å². The summed E-state index contributed by atoms with van der Waals surface area (Å²) in [5.74, 6) is 0.983. The Morgan fingerprint density at radius 1 is 1.45 bits per heavy atom. The number of rotatable bonds is 6. The Hall–Kier alpha value is -1.39. The van der Waals surface area contributed by atoms with Crippen molar-refractivity contribution in [3.63, 3.8) is 0 Å². The molecule has 0 spiro atoms. The van der Waals surface area contributed by atoms with Gasteiger partial charge in [-0.15, -0.1) is 0 Å². The fraction of sp³-hybridized carbons (Fsp3) is 0.562. The number of aliphatic hydroxyl groups is 1. The van der Waals surface area contributed by atoms with Crippen molar-refractivity contribution in [1.29, 1.82) is 0 Å². The molecule has 1 aromatic rings. The van der Waals surface area contributed by atoms with Gasteiger partial charge in [-0.25, -0.2) is 0 Å². The molecule has 0 fully saturated rings. The standard InChI is InChI=1S/C16H23NO3/c1-4-17(11-16(2,3)19)10-14(18)12-5-6-15-13(9-12)7-8-20-15/h5-6,9,19H,4,7-8,10-11H2,1-3H3. The number of ketones is 1. The van der Waals surface area contributed by atoms with Crippen molar-refractivity contribution in [2.75, 3.05) is 26.2 Å². The fourth-order valence-corrected chi connectivity index (χ4v) is 2.48. The Morgan fingerprint density at radius 2 is 2.20 bits per heavy atom. The lowest BCUT2D eigenvalue weighted by atomic mass is 10.0. The third-order valence-corrected chi connectivity index (χ3v) is 3.44. The third-order valence-electron chi connectivity index (χ3n) is 3.44. The van der Waals surface area contributed by atoms with E-state index < -0.39 is 5.60 Å². The minimum atomic E-state index is -0.790. The summed E-state index contributed by atoms with van der Waals surface area (Å²) in [6, 6.07) is 5.63. The molecule has 1 heterocycles. The van der Waals surface area contributed by atoms with Crippen LogP contribution >= 0.6 is 0 Å². The van der Waals surface area contributed by atoms with Crippen molar-refractivity contribution in [2.45, 2.75) is 32.8 Å². The van der Waals surface area contributed by atoms with Crippen LogP contribution in [0, 0.1) is 0 Å². The molecule has 0 amide bonds. The van der Waals surface area contributed by atoms with E-state index in [0.29, 0.717) is 19.7 Å². The molecular weight excluding hydrogens is 254 g/mol. The van der Waals surface area contributed by atoms with E-state index in [-0.39, 0.29) is 5.78 Å². The molecule has 4 nitrogen and oxygen atoms in total. The molecule has 20 heavy (non-hydrogen) atoms. The molecule has 0 bridgehead atoms. The molecule has 1 aromatic carbocycles. The summed E-state index contributed by atoms with van der Waals surface area (Å²) in [7, 11) is 0. The second-order valence-corrected chi connectivity index (χ2v) is 5.96. The van der Waals surface area contributed by atoms with Gasteiger partial charge in [0.1, 0.15) is 5.75 Å². The van der Waals surface area contributed by atoms with E-state index in [4.69, 9.17) is 4.74 Å². The zero-order chi connectivity index (χ0) is 14.8. The highest BCUT2D eigenvalue weighted by molar-refractivity contribution is 5.98. The number of carbonyl (C=O) groups is 1. The molecule has 0 saturated carbocycles. The molecule has 0 aliphatic carbocycles. The summed E-state index contributed by atoms with van der Waals surface area (Å²) in [4.78, 5) is 14.3. The molecule has 1 N–H and O–H groups in total. The van der Waals surface area contributed by atoms with Gasteiger partial charge in [0.15, 0.2) is 5.78 Å². The average molecular weight is 277 g/mol. The minimum Gasteiger partial charge on any atom is -0.493 e. The van der Waals surface area contributed by atoms with Crippen LogP contribution in [0.4, 0.5) is 0 Å². The van der Waals surface area contributed by atoms with E-state index in [2.05, 4.69) is 0 Å². The van der Waals surface area contributed by atoms with Gasteiger partial charge in [-0.3, -0.25) is 9.69 Å². The number of hydrogen-bond acceptors (Lipinski definition) is 4. The van der Waals surface area contributed by atoms with Crippen molar-refractivity contribution in [2.24, 2.45) is 0 Å². The lowest BCUT2D eigenvalue weighted by Gasteiger charge is -2.27. The maximum atomic E-state index is 12.3. The largest absolute Gasteiger partial charge is 0.493 e. The van der Waals surface area contributed by atoms with Gasteiger partial charge in [0.2, 0.25) is 0 Å². The van der Waals surface area contributed by atoms with Crippen molar-refractivity contribution in [3.8, 4) is 5.75 Å². The van der Waals surface area contributed by atoms with E-state index >= 15 is 0 Å². The zero-order valence-electron chi connectivity index (χ0n) is 12.5. The van der Waals surface area contributed by atoms with Crippen LogP contribution in [0.1, 0.15) is 36.7 Å². The van der Waals surface area contributed by atoms with Gasteiger partial charge in [-0.2, -0.15) is 0 Å². The van der Waals surface area contributed by atoms with E-state index in [0.717, 1.165) is 29.8 Å². The van der Waals surface area contributed by atoms with Crippen LogP contribution in [0.25, 0.3) is 0 Å². The lowest BCUT2D eigenvalue weighted by molar-refractivity contribution is 0.0376. The highest BCUT2D eigenvalue weighted by Gasteiger charge is 2.21. The summed E-state index contributed by atoms with van der Waals surface area (Å²) in [5, 5.41) is 9.86.